The highest BCUT2D eigenvalue weighted by atomic mass is 35.5. The molecule has 0 saturated carbocycles. The summed E-state index contributed by atoms with van der Waals surface area (Å²) < 4.78 is 2.16. The van der Waals surface area contributed by atoms with Crippen molar-refractivity contribution < 1.29 is 0 Å². The van der Waals surface area contributed by atoms with Gasteiger partial charge in [0.1, 0.15) is 5.82 Å². The number of nitrogens with two attached hydrogens (primary N) is 1. The van der Waals surface area contributed by atoms with Gasteiger partial charge in [-0.3, -0.25) is 0 Å². The van der Waals surface area contributed by atoms with E-state index < -0.39 is 0 Å². The number of hydrogen-bond acceptors (Lipinski definition) is 3. The van der Waals surface area contributed by atoms with Gasteiger partial charge in [0.05, 0.1) is 17.6 Å². The number of imidazole rings is 1. The van der Waals surface area contributed by atoms with Gasteiger partial charge in [-0.15, -0.1) is 0 Å². The zero-order chi connectivity index (χ0) is 12.4. The van der Waals surface area contributed by atoms with E-state index in [2.05, 4.69) is 28.5 Å². The van der Waals surface area contributed by atoms with Gasteiger partial charge in [-0.1, -0.05) is 11.6 Å². The minimum atomic E-state index is 0.444. The first kappa shape index (κ1) is 12.4. The second-order valence-electron chi connectivity index (χ2n) is 4.32. The van der Waals surface area contributed by atoms with Crippen LogP contribution in [-0.4, -0.2) is 35.1 Å². The second-order valence-corrected chi connectivity index (χ2v) is 4.76. The average Bonchev–Trinajstić information content (AvgIpc) is 2.63. The Balaban J connectivity index is 2.43. The molecular formula is C12H17ClN4. The summed E-state index contributed by atoms with van der Waals surface area (Å²) in [5.74, 6) is 0.907. The number of benzene rings is 1. The molecule has 1 heterocycles. The maximum atomic E-state index is 5.96. The third-order valence-corrected chi connectivity index (χ3v) is 2.98. The van der Waals surface area contributed by atoms with E-state index in [-0.39, 0.29) is 0 Å². The van der Waals surface area contributed by atoms with Crippen LogP contribution in [0.2, 0.25) is 5.02 Å². The van der Waals surface area contributed by atoms with E-state index in [1.165, 1.54) is 0 Å². The van der Waals surface area contributed by atoms with Crippen molar-refractivity contribution in [2.24, 2.45) is 5.73 Å². The Labute approximate surface area is 106 Å². The molecule has 0 amide bonds. The molecule has 2 aromatic rings. The minimum absolute atomic E-state index is 0.444. The average molecular weight is 253 g/mol. The second kappa shape index (κ2) is 5.04. The molecule has 0 aliphatic heterocycles. The van der Waals surface area contributed by atoms with Crippen molar-refractivity contribution in [3.8, 4) is 0 Å². The zero-order valence-electron chi connectivity index (χ0n) is 10.2. The van der Waals surface area contributed by atoms with E-state index in [1.807, 2.05) is 18.2 Å². The van der Waals surface area contributed by atoms with E-state index in [4.69, 9.17) is 17.3 Å². The predicted molar refractivity (Wildman–Crippen MR) is 71.2 cm³/mol. The Kier molecular flexibility index (Phi) is 3.66. The number of likely N-dealkylation sites (N-methyl/N-ethyl adjacent to an activating group) is 1. The summed E-state index contributed by atoms with van der Waals surface area (Å²) in [5, 5.41) is 0.707. The Morgan fingerprint density at radius 3 is 2.82 bits per heavy atom. The summed E-state index contributed by atoms with van der Waals surface area (Å²) in [4.78, 5) is 6.65. The lowest BCUT2D eigenvalue weighted by Crippen LogP contribution is -2.20. The zero-order valence-corrected chi connectivity index (χ0v) is 10.9. The molecule has 1 aromatic heterocycles. The van der Waals surface area contributed by atoms with Crippen molar-refractivity contribution in [3.63, 3.8) is 0 Å². The number of rotatable bonds is 4. The van der Waals surface area contributed by atoms with Crippen molar-refractivity contribution >= 4 is 22.6 Å². The first-order chi connectivity index (χ1) is 8.11. The largest absolute Gasteiger partial charge is 0.326 e. The van der Waals surface area contributed by atoms with Gasteiger partial charge in [-0.25, -0.2) is 4.98 Å². The topological polar surface area (TPSA) is 47.1 Å². The van der Waals surface area contributed by atoms with Gasteiger partial charge in [0.25, 0.3) is 0 Å². The van der Waals surface area contributed by atoms with Gasteiger partial charge in [-0.05, 0) is 32.3 Å². The molecule has 0 atom stereocenters. The van der Waals surface area contributed by atoms with Crippen molar-refractivity contribution in [1.82, 2.24) is 14.5 Å². The molecule has 0 radical (unpaired) electrons. The first-order valence-corrected chi connectivity index (χ1v) is 5.99. The fourth-order valence-electron chi connectivity index (χ4n) is 1.86. The highest BCUT2D eigenvalue weighted by Crippen LogP contribution is 2.20. The smallest absolute Gasteiger partial charge is 0.123 e. The van der Waals surface area contributed by atoms with Gasteiger partial charge in [0.2, 0.25) is 0 Å². The molecule has 0 aliphatic carbocycles. The van der Waals surface area contributed by atoms with E-state index in [9.17, 15) is 0 Å². The van der Waals surface area contributed by atoms with Gasteiger partial charge in [0, 0.05) is 18.1 Å². The van der Waals surface area contributed by atoms with Crippen LogP contribution < -0.4 is 5.73 Å². The Bertz CT molecular complexity index is 518. The monoisotopic (exact) mass is 252 g/mol. The summed E-state index contributed by atoms with van der Waals surface area (Å²) in [6.07, 6.45) is 0. The Morgan fingerprint density at radius 2 is 2.18 bits per heavy atom. The number of fused-ring (bicyclic) bond motifs is 1. The summed E-state index contributed by atoms with van der Waals surface area (Å²) in [7, 11) is 4.11. The fourth-order valence-corrected chi connectivity index (χ4v) is 2.02. The summed E-state index contributed by atoms with van der Waals surface area (Å²) in [6.45, 7) is 2.29. The van der Waals surface area contributed by atoms with Crippen LogP contribution in [0.3, 0.4) is 0 Å². The van der Waals surface area contributed by atoms with Crippen molar-refractivity contribution in [1.29, 1.82) is 0 Å². The molecule has 2 N–H and O–H groups in total. The molecule has 1 aromatic carbocycles. The lowest BCUT2D eigenvalue weighted by Gasteiger charge is -2.12. The van der Waals surface area contributed by atoms with Gasteiger partial charge < -0.3 is 15.2 Å². The van der Waals surface area contributed by atoms with Crippen LogP contribution in [0.15, 0.2) is 18.2 Å². The summed E-state index contributed by atoms with van der Waals surface area (Å²) >= 11 is 5.96. The molecule has 0 unspecified atom stereocenters. The maximum Gasteiger partial charge on any atom is 0.123 e. The number of aromatic nitrogens is 2. The first-order valence-electron chi connectivity index (χ1n) is 5.61. The normalized spacial score (nSPS) is 11.6. The third-order valence-electron chi connectivity index (χ3n) is 2.74. The van der Waals surface area contributed by atoms with E-state index in [1.54, 1.807) is 0 Å². The molecule has 0 saturated heterocycles. The quantitative estimate of drug-likeness (QED) is 0.901. The van der Waals surface area contributed by atoms with Gasteiger partial charge >= 0.3 is 0 Å². The van der Waals surface area contributed by atoms with Crippen LogP contribution in [-0.2, 0) is 13.1 Å². The van der Waals surface area contributed by atoms with Crippen molar-refractivity contribution in [2.75, 3.05) is 20.6 Å². The molecule has 17 heavy (non-hydrogen) atoms. The highest BCUT2D eigenvalue weighted by molar-refractivity contribution is 6.31. The maximum absolute atomic E-state index is 5.96. The fraction of sp³-hybridized carbons (Fsp3) is 0.417. The van der Waals surface area contributed by atoms with Crippen LogP contribution in [0, 0.1) is 0 Å². The van der Waals surface area contributed by atoms with E-state index >= 15 is 0 Å². The lowest BCUT2D eigenvalue weighted by molar-refractivity contribution is 0.383. The summed E-state index contributed by atoms with van der Waals surface area (Å²) in [6, 6.07) is 5.76. The van der Waals surface area contributed by atoms with Crippen LogP contribution in [0.25, 0.3) is 11.0 Å². The molecule has 0 aliphatic rings. The molecule has 2 rings (SSSR count). The number of hydrogen-bond donors (Lipinski definition) is 1. The predicted octanol–water partition coefficient (Wildman–Crippen LogP) is 1.71. The Morgan fingerprint density at radius 1 is 1.41 bits per heavy atom. The van der Waals surface area contributed by atoms with Crippen LogP contribution >= 0.6 is 11.6 Å². The molecule has 92 valence electrons. The van der Waals surface area contributed by atoms with Crippen LogP contribution in [0.4, 0.5) is 0 Å². The van der Waals surface area contributed by atoms with E-state index in [0.29, 0.717) is 11.6 Å². The van der Waals surface area contributed by atoms with Gasteiger partial charge in [-0.2, -0.15) is 0 Å². The van der Waals surface area contributed by atoms with Crippen LogP contribution in [0.1, 0.15) is 5.82 Å². The third kappa shape index (κ3) is 2.60. The standard InChI is InChI=1S/C12H17ClN4/c1-16(2)5-6-17-11-4-3-9(13)7-10(11)15-12(17)8-14/h3-4,7H,5-6,8,14H2,1-2H3. The molecular weight excluding hydrogens is 236 g/mol. The highest BCUT2D eigenvalue weighted by Gasteiger charge is 2.09. The molecule has 0 bridgehead atoms. The number of halogens is 1. The minimum Gasteiger partial charge on any atom is -0.326 e. The molecule has 0 fully saturated rings. The number of nitrogens with zero attached hydrogens (tertiary/aromatic N) is 3. The molecule has 4 nitrogen and oxygen atoms in total. The summed E-state index contributed by atoms with van der Waals surface area (Å²) in [5.41, 5.74) is 7.74. The Hall–Kier alpha value is -1.10. The van der Waals surface area contributed by atoms with Crippen molar-refractivity contribution in [2.45, 2.75) is 13.1 Å². The van der Waals surface area contributed by atoms with Crippen molar-refractivity contribution in [3.05, 3.63) is 29.0 Å². The van der Waals surface area contributed by atoms with Crippen LogP contribution in [0.5, 0.6) is 0 Å². The molecule has 0 spiro atoms. The lowest BCUT2D eigenvalue weighted by atomic mass is 10.3. The van der Waals surface area contributed by atoms with E-state index in [0.717, 1.165) is 29.9 Å². The SMILES string of the molecule is CN(C)CCn1c(CN)nc2cc(Cl)ccc21. The van der Waals surface area contributed by atoms with Gasteiger partial charge in [0.15, 0.2) is 0 Å². The molecule has 5 heteroatoms.